The molecule has 1 amide bonds. The summed E-state index contributed by atoms with van der Waals surface area (Å²) in [7, 11) is 0. The number of nitrogens with zero attached hydrogens (tertiary/aromatic N) is 1. The van der Waals surface area contributed by atoms with Gasteiger partial charge in [0.1, 0.15) is 5.82 Å². The van der Waals surface area contributed by atoms with Gasteiger partial charge in [-0.2, -0.15) is 0 Å². The van der Waals surface area contributed by atoms with Gasteiger partial charge in [0, 0.05) is 12.1 Å². The van der Waals surface area contributed by atoms with E-state index in [4.69, 9.17) is 0 Å². The Morgan fingerprint density at radius 3 is 3.00 bits per heavy atom. The summed E-state index contributed by atoms with van der Waals surface area (Å²) in [6.07, 6.45) is 2.36. The molecule has 0 saturated heterocycles. The molecule has 0 atom stereocenters. The molecule has 0 bridgehead atoms. The van der Waals surface area contributed by atoms with Crippen molar-refractivity contribution in [2.75, 3.05) is 6.54 Å². The number of amides is 1. The Kier molecular flexibility index (Phi) is 3.64. The SMILES string of the molecule is O=C(NCCc1ccc2nc[nH]c2c1)c1cccc(F)c1. The second kappa shape index (κ2) is 5.75. The minimum atomic E-state index is -0.410. The van der Waals surface area contributed by atoms with Crippen molar-refractivity contribution in [3.05, 3.63) is 65.7 Å². The van der Waals surface area contributed by atoms with Crippen molar-refractivity contribution in [3.8, 4) is 0 Å². The molecule has 5 heteroatoms. The number of fused-ring (bicyclic) bond motifs is 1. The molecule has 2 N–H and O–H groups in total. The van der Waals surface area contributed by atoms with Crippen molar-refractivity contribution in [1.29, 1.82) is 0 Å². The smallest absolute Gasteiger partial charge is 0.251 e. The third-order valence-electron chi connectivity index (χ3n) is 3.27. The number of aromatic nitrogens is 2. The quantitative estimate of drug-likeness (QED) is 0.773. The van der Waals surface area contributed by atoms with Crippen LogP contribution in [0.2, 0.25) is 0 Å². The number of benzene rings is 2. The van der Waals surface area contributed by atoms with E-state index < -0.39 is 5.82 Å². The number of aromatic amines is 1. The maximum absolute atomic E-state index is 13.0. The van der Waals surface area contributed by atoms with Gasteiger partial charge in [0.2, 0.25) is 0 Å². The minimum absolute atomic E-state index is 0.267. The van der Waals surface area contributed by atoms with E-state index in [0.29, 0.717) is 18.5 Å². The molecular formula is C16H14FN3O. The molecule has 0 aliphatic carbocycles. The highest BCUT2D eigenvalue weighted by Gasteiger charge is 2.06. The van der Waals surface area contributed by atoms with Gasteiger partial charge in [-0.15, -0.1) is 0 Å². The fourth-order valence-corrected chi connectivity index (χ4v) is 2.19. The number of nitrogens with one attached hydrogen (secondary N) is 2. The highest BCUT2D eigenvalue weighted by atomic mass is 19.1. The Hall–Kier alpha value is -2.69. The number of halogens is 1. The number of H-pyrrole nitrogens is 1. The zero-order chi connectivity index (χ0) is 14.7. The van der Waals surface area contributed by atoms with Crippen LogP contribution in [0.25, 0.3) is 11.0 Å². The van der Waals surface area contributed by atoms with Crippen LogP contribution in [0.1, 0.15) is 15.9 Å². The first-order chi connectivity index (χ1) is 10.2. The van der Waals surface area contributed by atoms with E-state index in [0.717, 1.165) is 16.6 Å². The fourth-order valence-electron chi connectivity index (χ4n) is 2.19. The van der Waals surface area contributed by atoms with Crippen molar-refractivity contribution < 1.29 is 9.18 Å². The second-order valence-electron chi connectivity index (χ2n) is 4.77. The van der Waals surface area contributed by atoms with E-state index in [2.05, 4.69) is 15.3 Å². The van der Waals surface area contributed by atoms with Crippen LogP contribution in [0.4, 0.5) is 4.39 Å². The van der Waals surface area contributed by atoms with Crippen LogP contribution < -0.4 is 5.32 Å². The van der Waals surface area contributed by atoms with Gasteiger partial charge < -0.3 is 10.3 Å². The molecule has 0 saturated carbocycles. The number of hydrogen-bond donors (Lipinski definition) is 2. The molecule has 1 aromatic heterocycles. The van der Waals surface area contributed by atoms with Crippen LogP contribution in [0, 0.1) is 5.82 Å². The average molecular weight is 283 g/mol. The van der Waals surface area contributed by atoms with E-state index in [1.165, 1.54) is 18.2 Å². The zero-order valence-corrected chi connectivity index (χ0v) is 11.3. The van der Waals surface area contributed by atoms with Gasteiger partial charge in [-0.3, -0.25) is 4.79 Å². The topological polar surface area (TPSA) is 57.8 Å². The van der Waals surface area contributed by atoms with Crippen LogP contribution in [0.15, 0.2) is 48.8 Å². The van der Waals surface area contributed by atoms with Crippen LogP contribution in [0.3, 0.4) is 0 Å². The highest BCUT2D eigenvalue weighted by Crippen LogP contribution is 2.11. The molecule has 2 aromatic carbocycles. The molecule has 4 nitrogen and oxygen atoms in total. The predicted octanol–water partition coefficient (Wildman–Crippen LogP) is 2.67. The van der Waals surface area contributed by atoms with Gasteiger partial charge in [0.15, 0.2) is 0 Å². The summed E-state index contributed by atoms with van der Waals surface area (Å²) < 4.78 is 13.0. The zero-order valence-electron chi connectivity index (χ0n) is 11.3. The largest absolute Gasteiger partial charge is 0.352 e. The summed E-state index contributed by atoms with van der Waals surface area (Å²) in [6, 6.07) is 11.6. The maximum atomic E-state index is 13.0. The Morgan fingerprint density at radius 1 is 1.24 bits per heavy atom. The number of imidazole rings is 1. The lowest BCUT2D eigenvalue weighted by Gasteiger charge is -2.05. The molecule has 0 unspecified atom stereocenters. The Labute approximate surface area is 121 Å². The molecule has 0 aliphatic rings. The summed E-state index contributed by atoms with van der Waals surface area (Å²) in [6.45, 7) is 0.495. The van der Waals surface area contributed by atoms with E-state index >= 15 is 0 Å². The van der Waals surface area contributed by atoms with Crippen molar-refractivity contribution in [1.82, 2.24) is 15.3 Å². The van der Waals surface area contributed by atoms with Gasteiger partial charge in [-0.05, 0) is 42.3 Å². The summed E-state index contributed by atoms with van der Waals surface area (Å²) >= 11 is 0. The standard InChI is InChI=1S/C16H14FN3O/c17-13-3-1-2-12(9-13)16(21)18-7-6-11-4-5-14-15(8-11)20-10-19-14/h1-5,8-10H,6-7H2,(H,18,21)(H,19,20). The van der Waals surface area contributed by atoms with Crippen molar-refractivity contribution in [3.63, 3.8) is 0 Å². The lowest BCUT2D eigenvalue weighted by Crippen LogP contribution is -2.25. The molecular weight excluding hydrogens is 269 g/mol. The van der Waals surface area contributed by atoms with Crippen LogP contribution in [0.5, 0.6) is 0 Å². The van der Waals surface area contributed by atoms with E-state index in [1.807, 2.05) is 18.2 Å². The first-order valence-electron chi connectivity index (χ1n) is 6.68. The Morgan fingerprint density at radius 2 is 2.14 bits per heavy atom. The maximum Gasteiger partial charge on any atom is 0.251 e. The Bertz CT molecular complexity index is 782. The third-order valence-corrected chi connectivity index (χ3v) is 3.27. The molecule has 0 spiro atoms. The van der Waals surface area contributed by atoms with Gasteiger partial charge in [0.05, 0.1) is 17.4 Å². The molecule has 3 aromatic rings. The predicted molar refractivity (Wildman–Crippen MR) is 78.5 cm³/mol. The van der Waals surface area contributed by atoms with Crippen LogP contribution in [-0.4, -0.2) is 22.4 Å². The molecule has 0 fully saturated rings. The van der Waals surface area contributed by atoms with Gasteiger partial charge >= 0.3 is 0 Å². The molecule has 3 rings (SSSR count). The third kappa shape index (κ3) is 3.08. The summed E-state index contributed by atoms with van der Waals surface area (Å²) in [5.74, 6) is -0.676. The van der Waals surface area contributed by atoms with E-state index in [-0.39, 0.29) is 5.91 Å². The normalized spacial score (nSPS) is 10.7. The summed E-state index contributed by atoms with van der Waals surface area (Å²) in [4.78, 5) is 19.1. The van der Waals surface area contributed by atoms with Crippen molar-refractivity contribution in [2.45, 2.75) is 6.42 Å². The molecule has 21 heavy (non-hydrogen) atoms. The fraction of sp³-hybridized carbons (Fsp3) is 0.125. The molecule has 0 aliphatic heterocycles. The van der Waals surface area contributed by atoms with Crippen LogP contribution >= 0.6 is 0 Å². The van der Waals surface area contributed by atoms with E-state index in [9.17, 15) is 9.18 Å². The van der Waals surface area contributed by atoms with E-state index in [1.54, 1.807) is 12.4 Å². The van der Waals surface area contributed by atoms with Crippen molar-refractivity contribution >= 4 is 16.9 Å². The Balaban J connectivity index is 1.59. The molecule has 106 valence electrons. The number of rotatable bonds is 4. The highest BCUT2D eigenvalue weighted by molar-refractivity contribution is 5.94. The lowest BCUT2D eigenvalue weighted by atomic mass is 10.1. The van der Waals surface area contributed by atoms with Crippen molar-refractivity contribution in [2.24, 2.45) is 0 Å². The number of hydrogen-bond acceptors (Lipinski definition) is 2. The molecule has 0 radical (unpaired) electrons. The molecule has 1 heterocycles. The summed E-state index contributed by atoms with van der Waals surface area (Å²) in [5.41, 5.74) is 3.33. The van der Waals surface area contributed by atoms with Gasteiger partial charge in [0.25, 0.3) is 5.91 Å². The second-order valence-corrected chi connectivity index (χ2v) is 4.77. The minimum Gasteiger partial charge on any atom is -0.352 e. The van der Waals surface area contributed by atoms with Gasteiger partial charge in [-0.1, -0.05) is 12.1 Å². The first-order valence-corrected chi connectivity index (χ1v) is 6.68. The first kappa shape index (κ1) is 13.3. The lowest BCUT2D eigenvalue weighted by molar-refractivity contribution is 0.0953. The number of carbonyl (C=O) groups is 1. The summed E-state index contributed by atoms with van der Waals surface area (Å²) in [5, 5.41) is 2.79. The number of carbonyl (C=O) groups excluding carboxylic acids is 1. The van der Waals surface area contributed by atoms with Crippen LogP contribution in [-0.2, 0) is 6.42 Å². The van der Waals surface area contributed by atoms with Gasteiger partial charge in [-0.25, -0.2) is 9.37 Å². The monoisotopic (exact) mass is 283 g/mol. The average Bonchev–Trinajstić information content (AvgIpc) is 2.94.